The highest BCUT2D eigenvalue weighted by atomic mass is 15.2. The van der Waals surface area contributed by atoms with E-state index in [1.54, 1.807) is 0 Å². The molecule has 76 valence electrons. The van der Waals surface area contributed by atoms with E-state index in [1.165, 1.54) is 12.8 Å². The second-order valence-electron chi connectivity index (χ2n) is 4.08. The Morgan fingerprint density at radius 2 is 2.29 bits per heavy atom. The average Bonchev–Trinajstić information content (AvgIpc) is 3.00. The number of aromatic nitrogens is 1. The molecule has 0 aromatic carbocycles. The molecule has 1 aliphatic carbocycles. The van der Waals surface area contributed by atoms with Gasteiger partial charge in [0.15, 0.2) is 0 Å². The number of hydrogen-bond donors (Lipinski definition) is 1. The molecule has 3 heteroatoms. The smallest absolute Gasteiger partial charge is 0.128 e. The van der Waals surface area contributed by atoms with Gasteiger partial charge in [-0.2, -0.15) is 0 Å². The molecular formula is C11H17N3. The summed E-state index contributed by atoms with van der Waals surface area (Å²) in [5, 5.41) is 0. The van der Waals surface area contributed by atoms with Crippen molar-refractivity contribution in [2.75, 3.05) is 11.9 Å². The molecule has 0 bridgehead atoms. The summed E-state index contributed by atoms with van der Waals surface area (Å²) in [6, 6.07) is 4.85. The number of pyridine rings is 1. The highest BCUT2D eigenvalue weighted by Gasteiger charge is 2.27. The van der Waals surface area contributed by atoms with Gasteiger partial charge in [0.1, 0.15) is 5.82 Å². The van der Waals surface area contributed by atoms with Crippen LogP contribution in [0, 0.1) is 0 Å². The van der Waals surface area contributed by atoms with Crippen LogP contribution in [0.1, 0.15) is 31.4 Å². The van der Waals surface area contributed by atoms with Gasteiger partial charge in [0, 0.05) is 25.3 Å². The van der Waals surface area contributed by atoms with E-state index in [0.717, 1.165) is 11.4 Å². The molecule has 1 fully saturated rings. The maximum Gasteiger partial charge on any atom is 0.128 e. The van der Waals surface area contributed by atoms with Gasteiger partial charge in [0.2, 0.25) is 0 Å². The Morgan fingerprint density at radius 1 is 1.57 bits per heavy atom. The van der Waals surface area contributed by atoms with Crippen molar-refractivity contribution in [3.63, 3.8) is 0 Å². The van der Waals surface area contributed by atoms with Gasteiger partial charge in [-0.3, -0.25) is 0 Å². The van der Waals surface area contributed by atoms with E-state index in [-0.39, 0.29) is 6.04 Å². The second-order valence-corrected chi connectivity index (χ2v) is 4.08. The van der Waals surface area contributed by atoms with E-state index in [9.17, 15) is 0 Å². The average molecular weight is 191 g/mol. The highest BCUT2D eigenvalue weighted by Crippen LogP contribution is 2.29. The first kappa shape index (κ1) is 9.46. The molecule has 1 aliphatic rings. The molecule has 0 spiro atoms. The van der Waals surface area contributed by atoms with E-state index in [2.05, 4.69) is 23.0 Å². The molecule has 0 amide bonds. The van der Waals surface area contributed by atoms with Crippen LogP contribution in [0.2, 0.25) is 0 Å². The van der Waals surface area contributed by atoms with E-state index in [4.69, 9.17) is 5.73 Å². The molecule has 1 atom stereocenters. The topological polar surface area (TPSA) is 42.1 Å². The Balaban J connectivity index is 2.20. The van der Waals surface area contributed by atoms with Crippen molar-refractivity contribution in [1.29, 1.82) is 0 Å². The van der Waals surface area contributed by atoms with Crippen LogP contribution in [0.15, 0.2) is 18.3 Å². The molecule has 2 rings (SSSR count). The first-order valence-corrected chi connectivity index (χ1v) is 5.13. The monoisotopic (exact) mass is 191 g/mol. The fraction of sp³-hybridized carbons (Fsp3) is 0.545. The lowest BCUT2D eigenvalue weighted by molar-refractivity contribution is 0.808. The van der Waals surface area contributed by atoms with Crippen LogP contribution in [0.5, 0.6) is 0 Å². The lowest BCUT2D eigenvalue weighted by Gasteiger charge is -2.18. The van der Waals surface area contributed by atoms with Gasteiger partial charge in [-0.25, -0.2) is 4.98 Å². The third kappa shape index (κ3) is 1.87. The third-order valence-electron chi connectivity index (χ3n) is 2.75. The van der Waals surface area contributed by atoms with E-state index in [0.29, 0.717) is 6.04 Å². The van der Waals surface area contributed by atoms with Crippen molar-refractivity contribution in [1.82, 2.24) is 4.98 Å². The van der Waals surface area contributed by atoms with Crippen LogP contribution in [0.4, 0.5) is 5.82 Å². The lowest BCUT2D eigenvalue weighted by Crippen LogP contribution is -2.21. The SMILES string of the molecule is CC(N)c1ccnc(N(C)C2CC2)c1. The Kier molecular flexibility index (Phi) is 2.42. The summed E-state index contributed by atoms with van der Waals surface area (Å²) in [7, 11) is 2.10. The summed E-state index contributed by atoms with van der Waals surface area (Å²) < 4.78 is 0. The largest absolute Gasteiger partial charge is 0.357 e. The molecule has 0 saturated heterocycles. The standard InChI is InChI=1S/C11H17N3/c1-8(12)9-5-6-13-11(7-9)14(2)10-3-4-10/h5-8,10H,3-4,12H2,1-2H3. The van der Waals surface area contributed by atoms with Crippen molar-refractivity contribution in [3.05, 3.63) is 23.9 Å². The molecule has 0 radical (unpaired) electrons. The Labute approximate surface area is 84.9 Å². The summed E-state index contributed by atoms with van der Waals surface area (Å²) in [6.45, 7) is 2.00. The third-order valence-corrected chi connectivity index (χ3v) is 2.75. The summed E-state index contributed by atoms with van der Waals surface area (Å²) in [6.07, 6.45) is 4.42. The quantitative estimate of drug-likeness (QED) is 0.790. The zero-order valence-corrected chi connectivity index (χ0v) is 8.77. The normalized spacial score (nSPS) is 17.9. The minimum Gasteiger partial charge on any atom is -0.357 e. The van der Waals surface area contributed by atoms with E-state index in [1.807, 2.05) is 19.2 Å². The second kappa shape index (κ2) is 3.58. The zero-order valence-electron chi connectivity index (χ0n) is 8.77. The van der Waals surface area contributed by atoms with Gasteiger partial charge in [0.05, 0.1) is 0 Å². The Bertz CT molecular complexity index is 318. The molecule has 1 aromatic rings. The predicted molar refractivity (Wildman–Crippen MR) is 58.3 cm³/mol. The van der Waals surface area contributed by atoms with Crippen LogP contribution in [-0.2, 0) is 0 Å². The fourth-order valence-corrected chi connectivity index (χ4v) is 1.56. The zero-order chi connectivity index (χ0) is 10.1. The molecule has 3 nitrogen and oxygen atoms in total. The first-order valence-electron chi connectivity index (χ1n) is 5.13. The van der Waals surface area contributed by atoms with E-state index < -0.39 is 0 Å². The number of nitrogens with two attached hydrogens (primary N) is 1. The lowest BCUT2D eigenvalue weighted by atomic mass is 10.1. The molecule has 1 saturated carbocycles. The minimum absolute atomic E-state index is 0.0874. The van der Waals surface area contributed by atoms with Crippen molar-refractivity contribution in [2.24, 2.45) is 5.73 Å². The van der Waals surface area contributed by atoms with Crippen LogP contribution in [-0.4, -0.2) is 18.1 Å². The molecule has 14 heavy (non-hydrogen) atoms. The van der Waals surface area contributed by atoms with Gasteiger partial charge < -0.3 is 10.6 Å². The van der Waals surface area contributed by atoms with Gasteiger partial charge in [-0.1, -0.05) is 0 Å². The van der Waals surface area contributed by atoms with Crippen molar-refractivity contribution < 1.29 is 0 Å². The van der Waals surface area contributed by atoms with Gasteiger partial charge in [-0.15, -0.1) is 0 Å². The minimum atomic E-state index is 0.0874. The first-order chi connectivity index (χ1) is 6.68. The van der Waals surface area contributed by atoms with E-state index >= 15 is 0 Å². The summed E-state index contributed by atoms with van der Waals surface area (Å²) in [4.78, 5) is 6.60. The number of hydrogen-bond acceptors (Lipinski definition) is 3. The summed E-state index contributed by atoms with van der Waals surface area (Å²) in [5.74, 6) is 1.04. The Morgan fingerprint density at radius 3 is 2.86 bits per heavy atom. The number of rotatable bonds is 3. The van der Waals surface area contributed by atoms with Crippen molar-refractivity contribution in [2.45, 2.75) is 31.8 Å². The van der Waals surface area contributed by atoms with Crippen LogP contribution in [0.25, 0.3) is 0 Å². The van der Waals surface area contributed by atoms with Crippen LogP contribution < -0.4 is 10.6 Å². The summed E-state index contributed by atoms with van der Waals surface area (Å²) in [5.41, 5.74) is 6.98. The molecule has 0 aliphatic heterocycles. The number of anilines is 1. The van der Waals surface area contributed by atoms with Crippen LogP contribution in [0.3, 0.4) is 0 Å². The maximum absolute atomic E-state index is 5.83. The van der Waals surface area contributed by atoms with Crippen LogP contribution >= 0.6 is 0 Å². The molecule has 1 heterocycles. The van der Waals surface area contributed by atoms with Gasteiger partial charge in [0.25, 0.3) is 0 Å². The summed E-state index contributed by atoms with van der Waals surface area (Å²) >= 11 is 0. The van der Waals surface area contributed by atoms with Crippen molar-refractivity contribution >= 4 is 5.82 Å². The molecule has 2 N–H and O–H groups in total. The number of nitrogens with zero attached hydrogens (tertiary/aromatic N) is 2. The van der Waals surface area contributed by atoms with Gasteiger partial charge >= 0.3 is 0 Å². The predicted octanol–water partition coefficient (Wildman–Crippen LogP) is 1.70. The maximum atomic E-state index is 5.83. The van der Waals surface area contributed by atoms with Crippen molar-refractivity contribution in [3.8, 4) is 0 Å². The fourth-order valence-electron chi connectivity index (χ4n) is 1.56. The van der Waals surface area contributed by atoms with Gasteiger partial charge in [-0.05, 0) is 37.5 Å². The Hall–Kier alpha value is -1.09. The molecule has 1 aromatic heterocycles. The molecular weight excluding hydrogens is 174 g/mol. The highest BCUT2D eigenvalue weighted by molar-refractivity contribution is 5.43. The molecule has 1 unspecified atom stereocenters.